The number of imide groups is 1. The number of hydrogen-bond donors (Lipinski definition) is 1. The Hall–Kier alpha value is -3.69. The number of amides is 2. The van der Waals surface area contributed by atoms with Crippen LogP contribution < -0.4 is 4.74 Å². The number of alkyl halides is 3. The number of carbonyl (C=O) groups excluding carboxylic acids is 4. The molecule has 0 bridgehead atoms. The first-order chi connectivity index (χ1) is 16.4. The van der Waals surface area contributed by atoms with Crippen LogP contribution in [0.1, 0.15) is 31.2 Å². The molecule has 10 heteroatoms. The van der Waals surface area contributed by atoms with Crippen molar-refractivity contribution in [2.24, 2.45) is 17.8 Å². The molecule has 4 unspecified atom stereocenters. The van der Waals surface area contributed by atoms with Gasteiger partial charge >= 0.3 is 6.36 Å². The number of fused-ring (bicyclic) bond motifs is 3. The molecule has 1 aromatic carbocycles. The van der Waals surface area contributed by atoms with Crippen molar-refractivity contribution in [2.75, 3.05) is 7.05 Å². The van der Waals surface area contributed by atoms with E-state index in [4.69, 9.17) is 0 Å². The second-order valence-electron chi connectivity index (χ2n) is 9.23. The summed E-state index contributed by atoms with van der Waals surface area (Å²) in [4.78, 5) is 52.9. The third-order valence-corrected chi connectivity index (χ3v) is 7.33. The van der Waals surface area contributed by atoms with Crippen molar-refractivity contribution in [3.63, 3.8) is 0 Å². The Morgan fingerprint density at radius 1 is 1.09 bits per heavy atom. The van der Waals surface area contributed by atoms with Crippen molar-refractivity contribution >= 4 is 23.4 Å². The third kappa shape index (κ3) is 3.50. The number of ketones is 2. The Bertz CT molecular complexity index is 1300. The number of likely N-dealkylation sites (tertiary alicyclic amines) is 1. The Labute approximate surface area is 197 Å². The molecule has 4 atom stereocenters. The molecule has 1 saturated heterocycles. The fourth-order valence-electron chi connectivity index (χ4n) is 5.84. The fourth-order valence-corrected chi connectivity index (χ4v) is 5.84. The molecular formula is C25H20F3NO6. The zero-order valence-electron chi connectivity index (χ0n) is 18.7. The number of rotatable bonds is 2. The molecule has 3 aliphatic carbocycles. The van der Waals surface area contributed by atoms with Crippen LogP contribution in [0.25, 0.3) is 0 Å². The number of halogens is 3. The van der Waals surface area contributed by atoms with Gasteiger partial charge < -0.3 is 9.84 Å². The molecule has 0 spiro atoms. The van der Waals surface area contributed by atoms with Gasteiger partial charge in [-0.25, -0.2) is 0 Å². The first-order valence-electron chi connectivity index (χ1n) is 11.0. The highest BCUT2D eigenvalue weighted by atomic mass is 19.4. The van der Waals surface area contributed by atoms with Crippen LogP contribution in [0.15, 0.2) is 52.6 Å². The van der Waals surface area contributed by atoms with Crippen LogP contribution in [-0.2, 0) is 19.2 Å². The smallest absolute Gasteiger partial charge is 0.508 e. The molecule has 4 aliphatic rings. The zero-order valence-corrected chi connectivity index (χ0v) is 18.7. The van der Waals surface area contributed by atoms with E-state index < -0.39 is 59.0 Å². The van der Waals surface area contributed by atoms with Gasteiger partial charge in [0.25, 0.3) is 0 Å². The number of aromatic hydroxyl groups is 1. The van der Waals surface area contributed by atoms with Gasteiger partial charge in [-0.15, -0.1) is 13.2 Å². The van der Waals surface area contributed by atoms with Crippen LogP contribution in [0.5, 0.6) is 11.5 Å². The number of ether oxygens (including phenoxy) is 1. The summed E-state index contributed by atoms with van der Waals surface area (Å²) in [5.74, 6) is -5.72. The number of phenols is 1. The Morgan fingerprint density at radius 3 is 2.49 bits per heavy atom. The second-order valence-corrected chi connectivity index (χ2v) is 9.23. The van der Waals surface area contributed by atoms with Gasteiger partial charge in [0.2, 0.25) is 11.8 Å². The maximum Gasteiger partial charge on any atom is 0.573 e. The molecule has 1 N–H and O–H groups in total. The Balaban J connectivity index is 1.71. The number of phenolic OH excluding ortho intramolecular Hbond substituents is 1. The number of benzene rings is 1. The molecular weight excluding hydrogens is 467 g/mol. The van der Waals surface area contributed by atoms with E-state index in [9.17, 15) is 37.5 Å². The SMILES string of the molecule is CC1=CC(=O)C2=C(C1=O)C(c1cc(OC(F)(F)F)ccc1O)C1=CCC3C(=O)N(C)C(=O)C3C1C2. The topological polar surface area (TPSA) is 101 Å². The van der Waals surface area contributed by atoms with E-state index in [1.807, 2.05) is 0 Å². The van der Waals surface area contributed by atoms with E-state index in [1.165, 1.54) is 20.0 Å². The number of Topliss-reactive ketones (excluding diaryl/α,β-unsaturated/α-hetero) is 1. The standard InChI is InChI=1S/C25H20F3NO6/c1-10-7-18(31)16-9-14-12(4-5-13-20(14)24(34)29(2)23(13)33)19(21(16)22(10)32)15-8-11(3-6-17(15)30)35-25(26,27)28/h3-4,6-8,13-14,19-20,30H,5,9H2,1-2H3. The number of hydrogen-bond acceptors (Lipinski definition) is 6. The lowest BCUT2D eigenvalue weighted by molar-refractivity contribution is -0.274. The van der Waals surface area contributed by atoms with Crippen LogP contribution in [-0.4, -0.2) is 46.8 Å². The van der Waals surface area contributed by atoms with Crippen molar-refractivity contribution in [1.29, 1.82) is 0 Å². The predicted molar refractivity (Wildman–Crippen MR) is 114 cm³/mol. The highest BCUT2D eigenvalue weighted by molar-refractivity contribution is 6.24. The van der Waals surface area contributed by atoms with Crippen LogP contribution in [0.4, 0.5) is 13.2 Å². The van der Waals surface area contributed by atoms with Crippen molar-refractivity contribution in [3.8, 4) is 11.5 Å². The maximum absolute atomic E-state index is 13.3. The monoisotopic (exact) mass is 487 g/mol. The van der Waals surface area contributed by atoms with Gasteiger partial charge in [0.05, 0.1) is 11.8 Å². The van der Waals surface area contributed by atoms with E-state index in [0.717, 1.165) is 23.1 Å². The van der Waals surface area contributed by atoms with E-state index >= 15 is 0 Å². The lowest BCUT2D eigenvalue weighted by atomic mass is 9.59. The summed E-state index contributed by atoms with van der Waals surface area (Å²) in [5.41, 5.74) is 0.859. The summed E-state index contributed by atoms with van der Waals surface area (Å²) in [7, 11) is 1.39. The summed E-state index contributed by atoms with van der Waals surface area (Å²) in [5, 5.41) is 10.7. The zero-order chi connectivity index (χ0) is 25.4. The van der Waals surface area contributed by atoms with Crippen molar-refractivity contribution in [2.45, 2.75) is 32.0 Å². The molecule has 0 radical (unpaired) electrons. The average Bonchev–Trinajstić information content (AvgIpc) is 3.01. The van der Waals surface area contributed by atoms with Crippen LogP contribution in [0, 0.1) is 17.8 Å². The normalized spacial score (nSPS) is 28.4. The number of nitrogens with zero attached hydrogens (tertiary/aromatic N) is 1. The van der Waals surface area contributed by atoms with E-state index in [0.29, 0.717) is 5.57 Å². The maximum atomic E-state index is 13.3. The minimum Gasteiger partial charge on any atom is -0.508 e. The summed E-state index contributed by atoms with van der Waals surface area (Å²) in [6.45, 7) is 1.47. The molecule has 0 aromatic heterocycles. The number of carbonyl (C=O) groups is 4. The highest BCUT2D eigenvalue weighted by Gasteiger charge is 2.55. The summed E-state index contributed by atoms with van der Waals surface area (Å²) >= 11 is 0. The summed E-state index contributed by atoms with van der Waals surface area (Å²) in [6.07, 6.45) is -1.83. The molecule has 7 nitrogen and oxygen atoms in total. The van der Waals surface area contributed by atoms with Gasteiger partial charge in [-0.05, 0) is 50.0 Å². The lowest BCUT2D eigenvalue weighted by Crippen LogP contribution is -2.39. The molecule has 5 rings (SSSR count). The van der Waals surface area contributed by atoms with Crippen molar-refractivity contribution in [3.05, 3.63) is 58.2 Å². The van der Waals surface area contributed by atoms with Gasteiger partial charge in [0.1, 0.15) is 11.5 Å². The van der Waals surface area contributed by atoms with Crippen LogP contribution in [0.3, 0.4) is 0 Å². The first-order valence-corrected chi connectivity index (χ1v) is 11.0. The quantitative estimate of drug-likeness (QED) is 0.390. The van der Waals surface area contributed by atoms with Gasteiger partial charge in [0.15, 0.2) is 11.6 Å². The molecule has 1 heterocycles. The van der Waals surface area contributed by atoms with Crippen LogP contribution in [0.2, 0.25) is 0 Å². The lowest BCUT2D eigenvalue weighted by Gasteiger charge is -2.42. The van der Waals surface area contributed by atoms with Gasteiger partial charge in [-0.3, -0.25) is 24.1 Å². The fraction of sp³-hybridized carbons (Fsp3) is 0.360. The molecule has 182 valence electrons. The number of allylic oxidation sites excluding steroid dienone is 6. The second kappa shape index (κ2) is 7.66. The largest absolute Gasteiger partial charge is 0.573 e. The minimum absolute atomic E-state index is 0.0412. The molecule has 1 fully saturated rings. The van der Waals surface area contributed by atoms with Gasteiger partial charge in [-0.1, -0.05) is 11.6 Å². The molecule has 2 amide bonds. The highest BCUT2D eigenvalue weighted by Crippen LogP contribution is 2.56. The van der Waals surface area contributed by atoms with Gasteiger partial charge in [-0.2, -0.15) is 0 Å². The minimum atomic E-state index is -4.98. The average molecular weight is 487 g/mol. The predicted octanol–water partition coefficient (Wildman–Crippen LogP) is 3.35. The molecule has 35 heavy (non-hydrogen) atoms. The van der Waals surface area contributed by atoms with E-state index in [1.54, 1.807) is 6.08 Å². The van der Waals surface area contributed by atoms with Gasteiger partial charge in [0, 0.05) is 35.2 Å². The van der Waals surface area contributed by atoms with Crippen molar-refractivity contribution in [1.82, 2.24) is 4.90 Å². The summed E-state index contributed by atoms with van der Waals surface area (Å²) in [6, 6.07) is 2.97. The van der Waals surface area contributed by atoms with E-state index in [-0.39, 0.29) is 41.0 Å². The third-order valence-electron chi connectivity index (χ3n) is 7.33. The Morgan fingerprint density at radius 2 is 1.80 bits per heavy atom. The first kappa shape index (κ1) is 23.1. The molecule has 1 aromatic rings. The Kier molecular flexibility index (Phi) is 5.05. The summed E-state index contributed by atoms with van der Waals surface area (Å²) < 4.78 is 42.7. The molecule has 0 saturated carbocycles. The van der Waals surface area contributed by atoms with E-state index in [2.05, 4.69) is 4.74 Å². The van der Waals surface area contributed by atoms with Crippen molar-refractivity contribution < 1.29 is 42.2 Å². The molecule has 1 aliphatic heterocycles. The van der Waals surface area contributed by atoms with Crippen LogP contribution >= 0.6 is 0 Å².